The van der Waals surface area contributed by atoms with E-state index in [9.17, 15) is 0 Å². The normalized spacial score (nSPS) is 12.4. The average molecular weight is 374 g/mol. The molecule has 2 rings (SSSR count). The highest BCUT2D eigenvalue weighted by Crippen LogP contribution is 2.27. The number of hydrazine groups is 1. The van der Waals surface area contributed by atoms with Crippen molar-refractivity contribution < 1.29 is 0 Å². The second-order valence-electron chi connectivity index (χ2n) is 4.72. The molecule has 1 unspecified atom stereocenters. The number of hydrogen-bond acceptors (Lipinski definition) is 2. The van der Waals surface area contributed by atoms with Gasteiger partial charge in [0.05, 0.1) is 6.04 Å². The smallest absolute Gasteiger partial charge is 0.0501 e. The molecule has 20 heavy (non-hydrogen) atoms. The number of nitrogens with one attached hydrogen (secondary N) is 1. The number of benzene rings is 2. The van der Waals surface area contributed by atoms with Gasteiger partial charge < -0.3 is 0 Å². The molecule has 3 N–H and O–H groups in total. The second kappa shape index (κ2) is 6.92. The van der Waals surface area contributed by atoms with Crippen molar-refractivity contribution >= 4 is 39.1 Å². The first-order valence-corrected chi connectivity index (χ1v) is 7.71. The highest BCUT2D eigenvalue weighted by Gasteiger charge is 2.13. The summed E-state index contributed by atoms with van der Waals surface area (Å²) in [6, 6.07) is 11.7. The van der Waals surface area contributed by atoms with Crippen LogP contribution < -0.4 is 11.3 Å². The molecule has 0 aliphatic carbocycles. The van der Waals surface area contributed by atoms with Crippen LogP contribution >= 0.6 is 39.1 Å². The van der Waals surface area contributed by atoms with Crippen molar-refractivity contribution in [1.82, 2.24) is 5.43 Å². The third-order valence-corrected chi connectivity index (χ3v) is 4.15. The van der Waals surface area contributed by atoms with Crippen molar-refractivity contribution in [2.75, 3.05) is 0 Å². The molecule has 0 saturated carbocycles. The predicted octanol–water partition coefficient (Wildman–Crippen LogP) is 4.81. The van der Waals surface area contributed by atoms with Gasteiger partial charge in [-0.15, -0.1) is 0 Å². The zero-order valence-corrected chi connectivity index (χ0v) is 14.1. The fourth-order valence-corrected chi connectivity index (χ4v) is 3.26. The molecule has 0 aliphatic rings. The zero-order valence-electron chi connectivity index (χ0n) is 11.0. The molecule has 1 atom stereocenters. The van der Waals surface area contributed by atoms with Crippen LogP contribution in [0.4, 0.5) is 0 Å². The summed E-state index contributed by atoms with van der Waals surface area (Å²) in [4.78, 5) is 0. The Kier molecular flexibility index (Phi) is 5.47. The van der Waals surface area contributed by atoms with Gasteiger partial charge in [0.1, 0.15) is 0 Å². The highest BCUT2D eigenvalue weighted by atomic mass is 79.9. The molecule has 2 aromatic rings. The Labute approximate surface area is 137 Å². The molecule has 5 heteroatoms. The number of aryl methyl sites for hydroxylation is 1. The molecule has 0 heterocycles. The van der Waals surface area contributed by atoms with Crippen LogP contribution in [0, 0.1) is 6.92 Å². The first kappa shape index (κ1) is 15.8. The molecule has 0 aromatic heterocycles. The van der Waals surface area contributed by atoms with Crippen molar-refractivity contribution in [2.45, 2.75) is 19.4 Å². The molecule has 106 valence electrons. The maximum absolute atomic E-state index is 6.22. The summed E-state index contributed by atoms with van der Waals surface area (Å²) in [7, 11) is 0. The molecule has 0 fully saturated rings. The van der Waals surface area contributed by atoms with E-state index < -0.39 is 0 Å². The van der Waals surface area contributed by atoms with Gasteiger partial charge in [0, 0.05) is 14.5 Å². The molecular formula is C15H15BrCl2N2. The first-order valence-electron chi connectivity index (χ1n) is 6.16. The number of halogens is 3. The third-order valence-electron chi connectivity index (χ3n) is 3.11. The Bertz CT molecular complexity index is 597. The number of rotatable bonds is 4. The Morgan fingerprint density at radius 2 is 1.95 bits per heavy atom. The van der Waals surface area contributed by atoms with E-state index in [0.29, 0.717) is 16.5 Å². The van der Waals surface area contributed by atoms with Crippen molar-refractivity contribution in [3.8, 4) is 0 Å². The van der Waals surface area contributed by atoms with E-state index in [1.165, 1.54) is 5.56 Å². The monoisotopic (exact) mass is 372 g/mol. The molecule has 0 radical (unpaired) electrons. The van der Waals surface area contributed by atoms with Gasteiger partial charge in [-0.25, -0.2) is 0 Å². The summed E-state index contributed by atoms with van der Waals surface area (Å²) < 4.78 is 1.04. The summed E-state index contributed by atoms with van der Waals surface area (Å²) in [6.07, 6.45) is 0.697. The van der Waals surface area contributed by atoms with E-state index in [1.54, 1.807) is 6.07 Å². The van der Waals surface area contributed by atoms with Crippen molar-refractivity contribution in [1.29, 1.82) is 0 Å². The van der Waals surface area contributed by atoms with E-state index in [4.69, 9.17) is 29.0 Å². The summed E-state index contributed by atoms with van der Waals surface area (Å²) >= 11 is 15.6. The molecule has 0 aliphatic heterocycles. The second-order valence-corrected chi connectivity index (χ2v) is 6.48. The van der Waals surface area contributed by atoms with Crippen LogP contribution in [0.5, 0.6) is 0 Å². The van der Waals surface area contributed by atoms with Gasteiger partial charge in [-0.05, 0) is 54.3 Å². The van der Waals surface area contributed by atoms with E-state index in [2.05, 4.69) is 46.5 Å². The van der Waals surface area contributed by atoms with Crippen LogP contribution in [0.2, 0.25) is 10.0 Å². The number of nitrogens with two attached hydrogens (primary N) is 1. The van der Waals surface area contributed by atoms with Crippen LogP contribution in [0.15, 0.2) is 40.9 Å². The summed E-state index contributed by atoms with van der Waals surface area (Å²) in [5.74, 6) is 5.70. The molecular weight excluding hydrogens is 359 g/mol. The zero-order chi connectivity index (χ0) is 14.7. The summed E-state index contributed by atoms with van der Waals surface area (Å²) in [5, 5.41) is 1.29. The molecule has 2 aromatic carbocycles. The minimum absolute atomic E-state index is 0.00937. The molecule has 0 saturated heterocycles. The Morgan fingerprint density at radius 1 is 1.20 bits per heavy atom. The lowest BCUT2D eigenvalue weighted by Gasteiger charge is -2.18. The fraction of sp³-hybridized carbons (Fsp3) is 0.200. The van der Waals surface area contributed by atoms with Gasteiger partial charge >= 0.3 is 0 Å². The van der Waals surface area contributed by atoms with Crippen LogP contribution in [0.3, 0.4) is 0 Å². The van der Waals surface area contributed by atoms with Gasteiger partial charge in [0.25, 0.3) is 0 Å². The molecule has 0 amide bonds. The quantitative estimate of drug-likeness (QED) is 0.596. The average Bonchev–Trinajstić information content (AvgIpc) is 2.36. The number of hydrogen-bond donors (Lipinski definition) is 2. The lowest BCUT2D eigenvalue weighted by molar-refractivity contribution is 0.551. The topological polar surface area (TPSA) is 38.0 Å². The minimum Gasteiger partial charge on any atom is -0.271 e. The van der Waals surface area contributed by atoms with Crippen molar-refractivity contribution in [3.05, 3.63) is 67.6 Å². The van der Waals surface area contributed by atoms with Gasteiger partial charge in [0.2, 0.25) is 0 Å². The lowest BCUT2D eigenvalue weighted by atomic mass is 9.98. The minimum atomic E-state index is -0.00937. The van der Waals surface area contributed by atoms with Crippen LogP contribution in [0.25, 0.3) is 0 Å². The molecule has 2 nitrogen and oxygen atoms in total. The van der Waals surface area contributed by atoms with E-state index in [-0.39, 0.29) is 6.04 Å². The van der Waals surface area contributed by atoms with E-state index >= 15 is 0 Å². The maximum atomic E-state index is 6.22. The standard InChI is InChI=1S/C15H15BrCl2N2/c1-9-4-11(6-12(16)5-9)15(20-19)7-10-2-3-13(17)8-14(10)18/h2-6,8,15,20H,7,19H2,1H3. The molecule has 0 bridgehead atoms. The summed E-state index contributed by atoms with van der Waals surface area (Å²) in [6.45, 7) is 2.05. The lowest BCUT2D eigenvalue weighted by Crippen LogP contribution is -2.29. The first-order chi connectivity index (χ1) is 9.49. The Hall–Kier alpha value is -0.580. The fourth-order valence-electron chi connectivity index (χ4n) is 2.15. The van der Waals surface area contributed by atoms with Gasteiger partial charge in [0.15, 0.2) is 0 Å². The van der Waals surface area contributed by atoms with Crippen molar-refractivity contribution in [3.63, 3.8) is 0 Å². The van der Waals surface area contributed by atoms with Crippen LogP contribution in [-0.4, -0.2) is 0 Å². The third kappa shape index (κ3) is 3.96. The van der Waals surface area contributed by atoms with Gasteiger partial charge in [-0.3, -0.25) is 11.3 Å². The maximum Gasteiger partial charge on any atom is 0.0501 e. The Balaban J connectivity index is 2.28. The van der Waals surface area contributed by atoms with Gasteiger partial charge in [-0.1, -0.05) is 51.3 Å². The largest absolute Gasteiger partial charge is 0.271 e. The molecule has 0 spiro atoms. The van der Waals surface area contributed by atoms with Crippen molar-refractivity contribution in [2.24, 2.45) is 5.84 Å². The van der Waals surface area contributed by atoms with Crippen LogP contribution in [0.1, 0.15) is 22.7 Å². The highest BCUT2D eigenvalue weighted by molar-refractivity contribution is 9.10. The van der Waals surface area contributed by atoms with Gasteiger partial charge in [-0.2, -0.15) is 0 Å². The SMILES string of the molecule is Cc1cc(Br)cc(C(Cc2ccc(Cl)cc2Cl)NN)c1. The predicted molar refractivity (Wildman–Crippen MR) is 89.1 cm³/mol. The summed E-state index contributed by atoms with van der Waals surface area (Å²) in [5.41, 5.74) is 6.16. The van der Waals surface area contributed by atoms with E-state index in [0.717, 1.165) is 15.6 Å². The Morgan fingerprint density at radius 3 is 2.55 bits per heavy atom. The van der Waals surface area contributed by atoms with E-state index in [1.807, 2.05) is 12.1 Å². The van der Waals surface area contributed by atoms with Crippen LogP contribution in [-0.2, 0) is 6.42 Å².